The summed E-state index contributed by atoms with van der Waals surface area (Å²) in [6.07, 6.45) is 2.45. The maximum atomic E-state index is 6.45. The smallest absolute Gasteiger partial charge is 0.0860 e. The van der Waals surface area contributed by atoms with Crippen LogP contribution in [0, 0.1) is 6.92 Å². The van der Waals surface area contributed by atoms with E-state index in [1.165, 1.54) is 18.5 Å². The highest BCUT2D eigenvalue weighted by molar-refractivity contribution is 6.31. The Morgan fingerprint density at radius 3 is 2.80 bits per heavy atom. The van der Waals surface area contributed by atoms with E-state index in [1.807, 2.05) is 11.6 Å². The van der Waals surface area contributed by atoms with Crippen LogP contribution in [0.15, 0.2) is 0 Å². The van der Waals surface area contributed by atoms with Gasteiger partial charge in [-0.3, -0.25) is 9.58 Å². The molecule has 1 N–H and O–H groups in total. The van der Waals surface area contributed by atoms with E-state index >= 15 is 0 Å². The highest BCUT2D eigenvalue weighted by Gasteiger charge is 2.27. The molecule has 5 heteroatoms. The fourth-order valence-corrected chi connectivity index (χ4v) is 3.25. The summed E-state index contributed by atoms with van der Waals surface area (Å²) < 4.78 is 2.05. The molecule has 1 aliphatic rings. The number of nitrogens with one attached hydrogen (secondary N) is 1. The maximum Gasteiger partial charge on any atom is 0.0860 e. The van der Waals surface area contributed by atoms with Gasteiger partial charge in [0.15, 0.2) is 0 Å². The van der Waals surface area contributed by atoms with E-state index in [1.54, 1.807) is 0 Å². The molecule has 0 bridgehead atoms. The Labute approximate surface area is 127 Å². The SMILES string of the molecule is CCCC1CNC(C)CN1Cc1c(Cl)c(C)nn1CC. The molecule has 0 saturated carbocycles. The Bertz CT molecular complexity index is 443. The van der Waals surface area contributed by atoms with Crippen LogP contribution in [0.2, 0.25) is 5.02 Å². The molecule has 2 atom stereocenters. The summed E-state index contributed by atoms with van der Waals surface area (Å²) in [4.78, 5) is 2.57. The van der Waals surface area contributed by atoms with Gasteiger partial charge in [0.2, 0.25) is 0 Å². The van der Waals surface area contributed by atoms with Crippen molar-refractivity contribution in [1.82, 2.24) is 20.0 Å². The Morgan fingerprint density at radius 2 is 2.15 bits per heavy atom. The molecular weight excluding hydrogens is 272 g/mol. The number of hydrogen-bond acceptors (Lipinski definition) is 3. The second kappa shape index (κ2) is 6.92. The number of hydrogen-bond donors (Lipinski definition) is 1. The number of piperazine rings is 1. The van der Waals surface area contributed by atoms with Crippen molar-refractivity contribution in [2.45, 2.75) is 65.7 Å². The monoisotopic (exact) mass is 298 g/mol. The topological polar surface area (TPSA) is 33.1 Å². The molecule has 0 aromatic carbocycles. The molecule has 1 aliphatic heterocycles. The molecule has 0 radical (unpaired) electrons. The maximum absolute atomic E-state index is 6.45. The van der Waals surface area contributed by atoms with Gasteiger partial charge in [0.25, 0.3) is 0 Å². The van der Waals surface area contributed by atoms with Crippen LogP contribution in [-0.4, -0.2) is 39.9 Å². The first-order valence-electron chi connectivity index (χ1n) is 7.76. The molecule has 2 rings (SSSR count). The lowest BCUT2D eigenvalue weighted by atomic mass is 10.0. The van der Waals surface area contributed by atoms with Crippen molar-refractivity contribution < 1.29 is 0 Å². The van der Waals surface area contributed by atoms with Crippen LogP contribution < -0.4 is 5.32 Å². The van der Waals surface area contributed by atoms with Crippen LogP contribution in [0.1, 0.15) is 45.0 Å². The molecule has 2 unspecified atom stereocenters. The van der Waals surface area contributed by atoms with Gasteiger partial charge in [-0.2, -0.15) is 5.10 Å². The largest absolute Gasteiger partial charge is 0.311 e. The van der Waals surface area contributed by atoms with Crippen molar-refractivity contribution in [2.24, 2.45) is 0 Å². The first kappa shape index (κ1) is 15.8. The Morgan fingerprint density at radius 1 is 1.40 bits per heavy atom. The zero-order valence-electron chi connectivity index (χ0n) is 13.1. The molecule has 1 fully saturated rings. The third-order valence-electron chi connectivity index (χ3n) is 4.15. The first-order chi connectivity index (χ1) is 9.56. The number of aromatic nitrogens is 2. The lowest BCUT2D eigenvalue weighted by Crippen LogP contribution is -2.55. The summed E-state index contributed by atoms with van der Waals surface area (Å²) >= 11 is 6.45. The van der Waals surface area contributed by atoms with E-state index in [4.69, 9.17) is 11.6 Å². The zero-order chi connectivity index (χ0) is 14.7. The average molecular weight is 299 g/mol. The second-order valence-electron chi connectivity index (χ2n) is 5.84. The molecule has 20 heavy (non-hydrogen) atoms. The number of rotatable bonds is 5. The number of nitrogens with zero attached hydrogens (tertiary/aromatic N) is 3. The summed E-state index contributed by atoms with van der Waals surface area (Å²) in [5, 5.41) is 8.95. The van der Waals surface area contributed by atoms with E-state index in [2.05, 4.69) is 36.1 Å². The average Bonchev–Trinajstić information content (AvgIpc) is 2.69. The molecule has 1 saturated heterocycles. The molecule has 1 aromatic heterocycles. The highest BCUT2D eigenvalue weighted by Crippen LogP contribution is 2.24. The molecule has 0 amide bonds. The first-order valence-corrected chi connectivity index (χ1v) is 8.13. The molecule has 0 spiro atoms. The van der Waals surface area contributed by atoms with Gasteiger partial charge in [0, 0.05) is 38.3 Å². The minimum absolute atomic E-state index is 0.543. The van der Waals surface area contributed by atoms with Gasteiger partial charge in [0.05, 0.1) is 16.4 Å². The fourth-order valence-electron chi connectivity index (χ4n) is 3.06. The molecule has 114 valence electrons. The summed E-state index contributed by atoms with van der Waals surface area (Å²) in [7, 11) is 0. The number of halogens is 1. The van der Waals surface area contributed by atoms with Gasteiger partial charge in [-0.15, -0.1) is 0 Å². The van der Waals surface area contributed by atoms with Crippen molar-refractivity contribution in [1.29, 1.82) is 0 Å². The van der Waals surface area contributed by atoms with Gasteiger partial charge in [-0.25, -0.2) is 0 Å². The predicted octanol–water partition coefficient (Wildman–Crippen LogP) is 2.83. The minimum atomic E-state index is 0.543. The van der Waals surface area contributed by atoms with Gasteiger partial charge in [0.1, 0.15) is 0 Å². The molecule has 0 aliphatic carbocycles. The lowest BCUT2D eigenvalue weighted by molar-refractivity contribution is 0.117. The lowest BCUT2D eigenvalue weighted by Gasteiger charge is -2.39. The molecule has 1 aromatic rings. The van der Waals surface area contributed by atoms with E-state index in [9.17, 15) is 0 Å². The quantitative estimate of drug-likeness (QED) is 0.907. The summed E-state index contributed by atoms with van der Waals surface area (Å²) in [6.45, 7) is 12.6. The van der Waals surface area contributed by atoms with Gasteiger partial charge < -0.3 is 5.32 Å². The Hall–Kier alpha value is -0.580. The third-order valence-corrected chi connectivity index (χ3v) is 4.65. The minimum Gasteiger partial charge on any atom is -0.311 e. The van der Waals surface area contributed by atoms with Crippen molar-refractivity contribution >= 4 is 11.6 Å². The van der Waals surface area contributed by atoms with Crippen molar-refractivity contribution in [3.63, 3.8) is 0 Å². The molecule has 2 heterocycles. The van der Waals surface area contributed by atoms with Crippen LogP contribution in [0.5, 0.6) is 0 Å². The van der Waals surface area contributed by atoms with Gasteiger partial charge in [-0.1, -0.05) is 24.9 Å². The zero-order valence-corrected chi connectivity index (χ0v) is 13.9. The fraction of sp³-hybridized carbons (Fsp3) is 0.800. The van der Waals surface area contributed by atoms with Crippen LogP contribution in [-0.2, 0) is 13.1 Å². The van der Waals surface area contributed by atoms with Crippen LogP contribution >= 0.6 is 11.6 Å². The number of aryl methyl sites for hydroxylation is 2. The van der Waals surface area contributed by atoms with Crippen LogP contribution in [0.3, 0.4) is 0 Å². The third kappa shape index (κ3) is 3.35. The Balaban J connectivity index is 2.17. The summed E-state index contributed by atoms with van der Waals surface area (Å²) in [5.74, 6) is 0. The predicted molar refractivity (Wildman–Crippen MR) is 84.2 cm³/mol. The van der Waals surface area contributed by atoms with E-state index < -0.39 is 0 Å². The standard InChI is InChI=1S/C15H27ClN4/c1-5-7-13-8-17-11(3)9-19(13)10-14-15(16)12(4)18-20(14)6-2/h11,13,17H,5-10H2,1-4H3. The molecular formula is C15H27ClN4. The van der Waals surface area contributed by atoms with Crippen molar-refractivity contribution in [3.05, 3.63) is 16.4 Å². The summed E-state index contributed by atoms with van der Waals surface area (Å²) in [6, 6.07) is 1.15. The van der Waals surface area contributed by atoms with Crippen molar-refractivity contribution in [3.8, 4) is 0 Å². The summed E-state index contributed by atoms with van der Waals surface area (Å²) in [5.41, 5.74) is 2.11. The van der Waals surface area contributed by atoms with Crippen LogP contribution in [0.25, 0.3) is 0 Å². The van der Waals surface area contributed by atoms with E-state index in [0.717, 1.165) is 36.9 Å². The van der Waals surface area contributed by atoms with Gasteiger partial charge >= 0.3 is 0 Å². The normalized spacial score (nSPS) is 24.2. The van der Waals surface area contributed by atoms with E-state index in [0.29, 0.717) is 12.1 Å². The Kier molecular flexibility index (Phi) is 5.47. The second-order valence-corrected chi connectivity index (χ2v) is 6.22. The van der Waals surface area contributed by atoms with Gasteiger partial charge in [-0.05, 0) is 27.2 Å². The highest BCUT2D eigenvalue weighted by atomic mass is 35.5. The van der Waals surface area contributed by atoms with Crippen LogP contribution in [0.4, 0.5) is 0 Å². The van der Waals surface area contributed by atoms with Crippen molar-refractivity contribution in [2.75, 3.05) is 13.1 Å². The van der Waals surface area contributed by atoms with E-state index in [-0.39, 0.29) is 0 Å². The molecule has 4 nitrogen and oxygen atoms in total.